The summed E-state index contributed by atoms with van der Waals surface area (Å²) in [5, 5.41) is 20.9. The molecule has 0 unspecified atom stereocenters. The minimum absolute atomic E-state index is 0.0596. The molecular weight excluding hydrogens is 456 g/mol. The van der Waals surface area contributed by atoms with Gasteiger partial charge in [0.15, 0.2) is 5.88 Å². The van der Waals surface area contributed by atoms with Crippen molar-refractivity contribution in [1.82, 2.24) is 9.88 Å². The molecule has 1 aliphatic rings. The highest BCUT2D eigenvalue weighted by atomic mass is 16.4. The van der Waals surface area contributed by atoms with E-state index in [2.05, 4.69) is 4.98 Å². The Balaban J connectivity index is 1.60. The summed E-state index contributed by atoms with van der Waals surface area (Å²) in [5.74, 6) is -1.07. The molecule has 1 aliphatic heterocycles. The van der Waals surface area contributed by atoms with E-state index in [0.717, 1.165) is 23.2 Å². The molecular formula is C28H26N4O4. The van der Waals surface area contributed by atoms with E-state index in [0.29, 0.717) is 41.0 Å². The van der Waals surface area contributed by atoms with Crippen LogP contribution in [-0.2, 0) is 11.2 Å². The van der Waals surface area contributed by atoms with Crippen LogP contribution >= 0.6 is 0 Å². The maximum atomic E-state index is 12.6. The maximum absolute atomic E-state index is 12.6. The van der Waals surface area contributed by atoms with Gasteiger partial charge in [-0.1, -0.05) is 36.4 Å². The minimum atomic E-state index is -1.04. The summed E-state index contributed by atoms with van der Waals surface area (Å²) in [6.07, 6.45) is 0.745. The Hall–Kier alpha value is -4.43. The SMILES string of the molecule is CN(C)CC(=O)N1CCc2cc(N=C(c3ccccc3)c3c(O)[nH]c4cc(C(=O)O)ccc34)ccc21. The normalized spacial score (nSPS) is 13.4. The van der Waals surface area contributed by atoms with Crippen LogP contribution < -0.4 is 4.90 Å². The van der Waals surface area contributed by atoms with E-state index in [9.17, 15) is 19.8 Å². The Morgan fingerprint density at radius 1 is 1.03 bits per heavy atom. The number of aromatic hydroxyl groups is 1. The standard InChI is InChI=1S/C28H26N4O4/c1-31(2)16-24(33)32-13-12-18-14-20(9-11-23(18)32)29-26(17-6-4-3-5-7-17)25-21-10-8-19(28(35)36)15-22(21)30-27(25)34/h3-11,14-15,30,34H,12-13,16H2,1-2H3,(H,35,36). The molecule has 0 spiro atoms. The number of carboxylic acid groups (broad SMARTS) is 1. The number of H-pyrrole nitrogens is 1. The lowest BCUT2D eigenvalue weighted by Crippen LogP contribution is -2.36. The van der Waals surface area contributed by atoms with Crippen LogP contribution in [0.5, 0.6) is 5.88 Å². The quantitative estimate of drug-likeness (QED) is 0.357. The van der Waals surface area contributed by atoms with Gasteiger partial charge in [-0.15, -0.1) is 0 Å². The third-order valence-electron chi connectivity index (χ3n) is 6.26. The van der Waals surface area contributed by atoms with E-state index < -0.39 is 5.97 Å². The van der Waals surface area contributed by atoms with E-state index in [-0.39, 0.29) is 17.4 Å². The number of nitrogens with one attached hydrogen (secondary N) is 1. The monoisotopic (exact) mass is 482 g/mol. The Bertz CT molecular complexity index is 1510. The lowest BCUT2D eigenvalue weighted by molar-refractivity contribution is -0.119. The number of benzene rings is 3. The summed E-state index contributed by atoms with van der Waals surface area (Å²) in [7, 11) is 3.75. The second-order valence-corrected chi connectivity index (χ2v) is 9.09. The predicted octanol–water partition coefficient (Wildman–Crippen LogP) is 4.19. The zero-order chi connectivity index (χ0) is 25.4. The van der Waals surface area contributed by atoms with Crippen LogP contribution in [0.1, 0.15) is 27.0 Å². The molecule has 4 aromatic rings. The highest BCUT2D eigenvalue weighted by Gasteiger charge is 2.25. The molecule has 3 N–H and O–H groups in total. The zero-order valence-electron chi connectivity index (χ0n) is 20.0. The van der Waals surface area contributed by atoms with Gasteiger partial charge < -0.3 is 25.0 Å². The number of rotatable bonds is 6. The van der Waals surface area contributed by atoms with Crippen molar-refractivity contribution < 1.29 is 19.8 Å². The van der Waals surface area contributed by atoms with Crippen molar-refractivity contribution in [2.24, 2.45) is 4.99 Å². The van der Waals surface area contributed by atoms with Crippen LogP contribution in [0, 0.1) is 0 Å². The van der Waals surface area contributed by atoms with Gasteiger partial charge in [0.2, 0.25) is 5.91 Å². The predicted molar refractivity (Wildman–Crippen MR) is 140 cm³/mol. The Labute approximate surface area is 208 Å². The Morgan fingerprint density at radius 2 is 1.81 bits per heavy atom. The highest BCUT2D eigenvalue weighted by Crippen LogP contribution is 2.35. The summed E-state index contributed by atoms with van der Waals surface area (Å²) in [6.45, 7) is 0.983. The average Bonchev–Trinajstić information content (AvgIpc) is 3.42. The van der Waals surface area contributed by atoms with Crippen molar-refractivity contribution in [2.45, 2.75) is 6.42 Å². The molecule has 8 nitrogen and oxygen atoms in total. The number of fused-ring (bicyclic) bond motifs is 2. The fraction of sp³-hybridized carbons (Fsp3) is 0.179. The number of hydrogen-bond acceptors (Lipinski definition) is 5. The first kappa shape index (κ1) is 23.3. The van der Waals surface area contributed by atoms with Gasteiger partial charge >= 0.3 is 5.97 Å². The zero-order valence-corrected chi connectivity index (χ0v) is 20.0. The molecule has 182 valence electrons. The van der Waals surface area contributed by atoms with Crippen molar-refractivity contribution in [3.05, 3.63) is 89.0 Å². The van der Waals surface area contributed by atoms with E-state index in [1.165, 1.54) is 12.1 Å². The molecule has 0 atom stereocenters. The second-order valence-electron chi connectivity index (χ2n) is 9.09. The highest BCUT2D eigenvalue weighted by molar-refractivity contribution is 6.22. The van der Waals surface area contributed by atoms with E-state index in [4.69, 9.17) is 4.99 Å². The summed E-state index contributed by atoms with van der Waals surface area (Å²) in [5.41, 5.74) is 5.14. The lowest BCUT2D eigenvalue weighted by atomic mass is 10.00. The average molecular weight is 483 g/mol. The van der Waals surface area contributed by atoms with Gasteiger partial charge in [0.1, 0.15) is 0 Å². The van der Waals surface area contributed by atoms with Crippen LogP contribution in [0.2, 0.25) is 0 Å². The Kier molecular flexibility index (Phi) is 6.03. The number of likely N-dealkylation sites (N-methyl/N-ethyl adjacent to an activating group) is 1. The molecule has 3 aromatic carbocycles. The number of amides is 1. The van der Waals surface area contributed by atoms with Gasteiger partial charge in [-0.2, -0.15) is 0 Å². The van der Waals surface area contributed by atoms with Crippen molar-refractivity contribution in [1.29, 1.82) is 0 Å². The van der Waals surface area contributed by atoms with Gasteiger partial charge in [0.25, 0.3) is 0 Å². The topological polar surface area (TPSA) is 109 Å². The number of aromatic carboxylic acids is 1. The molecule has 0 radical (unpaired) electrons. The molecule has 5 rings (SSSR count). The van der Waals surface area contributed by atoms with Crippen molar-refractivity contribution >= 4 is 39.9 Å². The van der Waals surface area contributed by atoms with Crippen LogP contribution in [0.25, 0.3) is 10.9 Å². The third-order valence-corrected chi connectivity index (χ3v) is 6.26. The molecule has 0 saturated heterocycles. The summed E-state index contributed by atoms with van der Waals surface area (Å²) < 4.78 is 0. The van der Waals surface area contributed by atoms with E-state index >= 15 is 0 Å². The van der Waals surface area contributed by atoms with E-state index in [1.807, 2.05) is 72.4 Å². The van der Waals surface area contributed by atoms with Gasteiger partial charge in [0.05, 0.1) is 29.1 Å². The summed E-state index contributed by atoms with van der Waals surface area (Å²) >= 11 is 0. The molecule has 0 fully saturated rings. The number of anilines is 1. The van der Waals surface area contributed by atoms with Gasteiger partial charge in [-0.3, -0.25) is 4.79 Å². The van der Waals surface area contributed by atoms with Crippen molar-refractivity contribution in [3.63, 3.8) is 0 Å². The smallest absolute Gasteiger partial charge is 0.335 e. The molecule has 0 bridgehead atoms. The molecule has 0 aliphatic carbocycles. The summed E-state index contributed by atoms with van der Waals surface area (Å²) in [4.78, 5) is 35.6. The second kappa shape index (κ2) is 9.31. The maximum Gasteiger partial charge on any atom is 0.335 e. The summed E-state index contributed by atoms with van der Waals surface area (Å²) in [6, 6.07) is 20.0. The number of hydrogen-bond donors (Lipinski definition) is 3. The van der Waals surface area contributed by atoms with Gasteiger partial charge in [0, 0.05) is 28.7 Å². The number of carbonyl (C=O) groups is 2. The first-order chi connectivity index (χ1) is 17.3. The Morgan fingerprint density at radius 3 is 2.53 bits per heavy atom. The number of aromatic amines is 1. The first-order valence-corrected chi connectivity index (χ1v) is 11.6. The number of carbonyl (C=O) groups excluding carboxylic acids is 1. The van der Waals surface area contributed by atoms with Crippen molar-refractivity contribution in [3.8, 4) is 5.88 Å². The third kappa shape index (κ3) is 4.34. The van der Waals surface area contributed by atoms with Gasteiger partial charge in [-0.25, -0.2) is 9.79 Å². The number of carboxylic acids is 1. The minimum Gasteiger partial charge on any atom is -0.494 e. The van der Waals surface area contributed by atoms with Crippen LogP contribution in [0.3, 0.4) is 0 Å². The van der Waals surface area contributed by atoms with Crippen LogP contribution in [0.15, 0.2) is 71.7 Å². The number of aliphatic imine (C=N–C) groups is 1. The van der Waals surface area contributed by atoms with Crippen molar-refractivity contribution in [2.75, 3.05) is 32.1 Å². The fourth-order valence-electron chi connectivity index (χ4n) is 4.62. The number of nitrogens with zero attached hydrogens (tertiary/aromatic N) is 3. The van der Waals surface area contributed by atoms with E-state index in [1.54, 1.807) is 6.07 Å². The fourth-order valence-corrected chi connectivity index (χ4v) is 4.62. The largest absolute Gasteiger partial charge is 0.494 e. The lowest BCUT2D eigenvalue weighted by Gasteiger charge is -2.19. The first-order valence-electron chi connectivity index (χ1n) is 11.6. The van der Waals surface area contributed by atoms with Gasteiger partial charge in [-0.05, 0) is 56.4 Å². The number of aromatic nitrogens is 1. The molecule has 36 heavy (non-hydrogen) atoms. The molecule has 2 heterocycles. The van der Waals surface area contributed by atoms with Crippen LogP contribution in [-0.4, -0.2) is 64.9 Å². The molecule has 1 aromatic heterocycles. The molecule has 0 saturated carbocycles. The molecule has 8 heteroatoms. The van der Waals surface area contributed by atoms with Crippen LogP contribution in [0.4, 0.5) is 11.4 Å². The molecule has 1 amide bonds.